The van der Waals surface area contributed by atoms with Crippen molar-refractivity contribution in [1.29, 1.82) is 0 Å². The number of nitrogens with one attached hydrogen (secondary N) is 3. The number of benzene rings is 3. The van der Waals surface area contributed by atoms with Gasteiger partial charge in [-0.2, -0.15) is 20.2 Å². The SMILES string of the molecule is CCCCOc1ccc(Nc2nc(NN=C(C)c3ccc(S(C)(=O)=O)cc3)cc(NN=C(C)c3ccc(S(C)(=O)=O)cc3)n2)cc1. The predicted molar refractivity (Wildman–Crippen MR) is 183 cm³/mol. The lowest BCUT2D eigenvalue weighted by atomic mass is 10.1. The van der Waals surface area contributed by atoms with Gasteiger partial charge in [0, 0.05) is 24.3 Å². The van der Waals surface area contributed by atoms with Gasteiger partial charge in [0.15, 0.2) is 31.3 Å². The minimum Gasteiger partial charge on any atom is -0.494 e. The minimum atomic E-state index is -3.31. The maximum atomic E-state index is 11.8. The Hall–Kier alpha value is -4.82. The Morgan fingerprint density at radius 2 is 1.17 bits per heavy atom. The Bertz CT molecular complexity index is 1810. The van der Waals surface area contributed by atoms with Crippen LogP contribution in [0.15, 0.2) is 98.9 Å². The van der Waals surface area contributed by atoms with Crippen molar-refractivity contribution in [3.63, 3.8) is 0 Å². The van der Waals surface area contributed by atoms with E-state index in [1.165, 1.54) is 24.3 Å². The summed E-state index contributed by atoms with van der Waals surface area (Å²) in [6, 6.07) is 22.0. The molecule has 1 heterocycles. The van der Waals surface area contributed by atoms with Crippen LogP contribution in [-0.2, 0) is 19.7 Å². The molecule has 3 aromatic carbocycles. The third-order valence-corrected chi connectivity index (χ3v) is 8.94. The van der Waals surface area contributed by atoms with Gasteiger partial charge in [0.1, 0.15) is 5.75 Å². The van der Waals surface area contributed by atoms with Crippen molar-refractivity contribution in [3.05, 3.63) is 90.0 Å². The number of rotatable bonds is 14. The number of unbranched alkanes of at least 4 members (excludes halogenated alkanes) is 1. The summed E-state index contributed by atoms with van der Waals surface area (Å²) >= 11 is 0. The van der Waals surface area contributed by atoms with Crippen LogP contribution in [0.25, 0.3) is 0 Å². The van der Waals surface area contributed by atoms with Gasteiger partial charge in [-0.1, -0.05) is 37.6 Å². The molecule has 0 fully saturated rings. The van der Waals surface area contributed by atoms with E-state index in [0.29, 0.717) is 29.7 Å². The van der Waals surface area contributed by atoms with E-state index in [1.807, 2.05) is 24.3 Å². The van der Waals surface area contributed by atoms with Crippen molar-refractivity contribution in [2.75, 3.05) is 35.3 Å². The second-order valence-electron chi connectivity index (χ2n) is 10.5. The topological polar surface area (TPSA) is 164 Å². The number of hydrogen-bond donors (Lipinski definition) is 3. The molecule has 0 unspecified atom stereocenters. The van der Waals surface area contributed by atoms with E-state index >= 15 is 0 Å². The van der Waals surface area contributed by atoms with Crippen LogP contribution in [0.5, 0.6) is 5.75 Å². The van der Waals surface area contributed by atoms with Gasteiger partial charge in [0.25, 0.3) is 0 Å². The maximum absolute atomic E-state index is 11.8. The van der Waals surface area contributed by atoms with Gasteiger partial charge in [-0.05, 0) is 79.9 Å². The molecule has 0 atom stereocenters. The molecule has 1 aromatic heterocycles. The molecule has 0 radical (unpaired) electrons. The number of sulfone groups is 2. The number of ether oxygens (including phenoxy) is 1. The van der Waals surface area contributed by atoms with Crippen LogP contribution in [0.4, 0.5) is 23.3 Å². The average Bonchev–Trinajstić information content (AvgIpc) is 3.02. The quantitative estimate of drug-likeness (QED) is 0.0843. The summed E-state index contributed by atoms with van der Waals surface area (Å²) in [5.74, 6) is 1.75. The number of anilines is 4. The summed E-state index contributed by atoms with van der Waals surface area (Å²) in [5.41, 5.74) is 9.30. The van der Waals surface area contributed by atoms with Crippen LogP contribution < -0.4 is 20.9 Å². The first kappa shape index (κ1) is 34.1. The Morgan fingerprint density at radius 1 is 0.717 bits per heavy atom. The fourth-order valence-corrected chi connectivity index (χ4v) is 5.27. The van der Waals surface area contributed by atoms with Crippen LogP contribution >= 0.6 is 0 Å². The van der Waals surface area contributed by atoms with Crippen molar-refractivity contribution in [1.82, 2.24) is 9.97 Å². The maximum Gasteiger partial charge on any atom is 0.231 e. The fraction of sp³-hybridized carbons (Fsp3) is 0.250. The largest absolute Gasteiger partial charge is 0.494 e. The lowest BCUT2D eigenvalue weighted by molar-refractivity contribution is 0.309. The monoisotopic (exact) mass is 663 g/mol. The van der Waals surface area contributed by atoms with Crippen molar-refractivity contribution < 1.29 is 21.6 Å². The summed E-state index contributed by atoms with van der Waals surface area (Å²) in [5, 5.41) is 12.1. The third kappa shape index (κ3) is 9.84. The molecular weight excluding hydrogens is 627 g/mol. The fourth-order valence-electron chi connectivity index (χ4n) is 4.01. The van der Waals surface area contributed by atoms with Gasteiger partial charge in [0.05, 0.1) is 27.8 Å². The zero-order valence-electron chi connectivity index (χ0n) is 26.3. The molecule has 14 heteroatoms. The first-order chi connectivity index (χ1) is 21.8. The second-order valence-corrected chi connectivity index (χ2v) is 14.6. The first-order valence-corrected chi connectivity index (χ1v) is 18.2. The van der Waals surface area contributed by atoms with Crippen LogP contribution in [0.2, 0.25) is 0 Å². The molecule has 4 aromatic rings. The van der Waals surface area contributed by atoms with Gasteiger partial charge in [-0.25, -0.2) is 16.8 Å². The Labute approximate surface area is 269 Å². The molecule has 0 aliphatic heterocycles. The molecule has 46 heavy (non-hydrogen) atoms. The summed E-state index contributed by atoms with van der Waals surface area (Å²) in [6.45, 7) is 6.33. The molecule has 0 bridgehead atoms. The highest BCUT2D eigenvalue weighted by molar-refractivity contribution is 7.91. The van der Waals surface area contributed by atoms with Crippen molar-refractivity contribution in [2.45, 2.75) is 43.4 Å². The molecule has 0 spiro atoms. The van der Waals surface area contributed by atoms with Crippen LogP contribution in [0, 0.1) is 0 Å². The van der Waals surface area contributed by atoms with Crippen molar-refractivity contribution in [2.24, 2.45) is 10.2 Å². The van der Waals surface area contributed by atoms with Gasteiger partial charge < -0.3 is 10.1 Å². The van der Waals surface area contributed by atoms with Crippen LogP contribution in [-0.4, -0.2) is 57.3 Å². The molecule has 0 saturated heterocycles. The van der Waals surface area contributed by atoms with E-state index in [4.69, 9.17) is 4.74 Å². The number of aromatic nitrogens is 2. The minimum absolute atomic E-state index is 0.224. The van der Waals surface area contributed by atoms with E-state index in [1.54, 1.807) is 44.2 Å². The normalized spacial score (nSPS) is 12.5. The predicted octanol–water partition coefficient (Wildman–Crippen LogP) is 5.88. The van der Waals surface area contributed by atoms with E-state index in [0.717, 1.165) is 47.9 Å². The molecule has 12 nitrogen and oxygen atoms in total. The Kier molecular flexibility index (Phi) is 11.1. The molecule has 4 rings (SSSR count). The van der Waals surface area contributed by atoms with E-state index < -0.39 is 19.7 Å². The lowest BCUT2D eigenvalue weighted by Gasteiger charge is -2.11. The summed E-state index contributed by atoms with van der Waals surface area (Å²) < 4.78 is 53.0. The zero-order valence-corrected chi connectivity index (χ0v) is 27.9. The van der Waals surface area contributed by atoms with E-state index in [-0.39, 0.29) is 15.7 Å². The Morgan fingerprint density at radius 3 is 1.59 bits per heavy atom. The molecule has 3 N–H and O–H groups in total. The summed E-state index contributed by atoms with van der Waals surface area (Å²) in [7, 11) is -6.62. The van der Waals surface area contributed by atoms with E-state index in [2.05, 4.69) is 43.3 Å². The molecule has 0 amide bonds. The molecular formula is C32H37N7O5S2. The zero-order chi connectivity index (χ0) is 33.3. The van der Waals surface area contributed by atoms with Gasteiger partial charge in [0.2, 0.25) is 5.95 Å². The number of nitrogens with zero attached hydrogens (tertiary/aromatic N) is 4. The smallest absolute Gasteiger partial charge is 0.231 e. The van der Waals surface area contributed by atoms with Crippen molar-refractivity contribution >= 4 is 54.4 Å². The van der Waals surface area contributed by atoms with Gasteiger partial charge in [-0.3, -0.25) is 10.9 Å². The lowest BCUT2D eigenvalue weighted by Crippen LogP contribution is -2.07. The van der Waals surface area contributed by atoms with Crippen molar-refractivity contribution in [3.8, 4) is 5.75 Å². The highest BCUT2D eigenvalue weighted by Crippen LogP contribution is 2.22. The summed E-state index contributed by atoms with van der Waals surface area (Å²) in [4.78, 5) is 9.54. The number of hydrogen-bond acceptors (Lipinski definition) is 12. The second kappa shape index (κ2) is 15.0. The summed E-state index contributed by atoms with van der Waals surface area (Å²) in [6.07, 6.45) is 4.35. The molecule has 0 saturated carbocycles. The van der Waals surface area contributed by atoms with Gasteiger partial charge >= 0.3 is 0 Å². The highest BCUT2D eigenvalue weighted by Gasteiger charge is 2.10. The van der Waals surface area contributed by atoms with Gasteiger partial charge in [-0.15, -0.1) is 0 Å². The molecule has 0 aliphatic rings. The standard InChI is InChI=1S/C32H37N7O5S2/c1-6-7-20-44-27-14-12-26(13-15-27)33-32-34-30(38-36-22(2)24-8-16-28(17-9-24)45(4,40)41)21-31(35-32)39-37-23(3)25-10-18-29(19-11-25)46(5,42)43/h8-19,21H,6-7,20H2,1-5H3,(H3,33,34,35,38,39). The Balaban J connectivity index is 1.57. The average molecular weight is 664 g/mol. The third-order valence-electron chi connectivity index (χ3n) is 6.68. The van der Waals surface area contributed by atoms with E-state index in [9.17, 15) is 16.8 Å². The molecule has 0 aliphatic carbocycles. The highest BCUT2D eigenvalue weighted by atomic mass is 32.2. The number of hydrazone groups is 2. The van der Waals surface area contributed by atoms with Crippen LogP contribution in [0.1, 0.15) is 44.7 Å². The molecule has 242 valence electrons. The van der Waals surface area contributed by atoms with Crippen LogP contribution in [0.3, 0.4) is 0 Å². The first-order valence-electron chi connectivity index (χ1n) is 14.4.